The summed E-state index contributed by atoms with van der Waals surface area (Å²) in [5.41, 5.74) is 2.59. The number of hydrogen-bond acceptors (Lipinski definition) is 6. The Morgan fingerprint density at radius 1 is 1.10 bits per heavy atom. The van der Waals surface area contributed by atoms with Crippen LogP contribution < -0.4 is 10.1 Å². The van der Waals surface area contributed by atoms with E-state index in [4.69, 9.17) is 9.47 Å². The molecule has 0 unspecified atom stereocenters. The number of carbonyl (C=O) groups is 2. The van der Waals surface area contributed by atoms with E-state index in [1.165, 1.54) is 6.08 Å². The van der Waals surface area contributed by atoms with E-state index in [1.807, 2.05) is 66.9 Å². The van der Waals surface area contributed by atoms with Crippen LogP contribution in [0.5, 0.6) is 5.75 Å². The molecule has 154 valence electrons. The molecule has 3 rings (SSSR count). The monoisotopic (exact) mass is 422 g/mol. The van der Waals surface area contributed by atoms with E-state index in [2.05, 4.69) is 10.3 Å². The number of ether oxygens (including phenoxy) is 2. The Balaban J connectivity index is 1.42. The smallest absolute Gasteiger partial charge is 0.325 e. The van der Waals surface area contributed by atoms with Crippen LogP contribution in [0.1, 0.15) is 21.8 Å². The summed E-state index contributed by atoms with van der Waals surface area (Å²) >= 11 is 1.58. The van der Waals surface area contributed by atoms with E-state index in [0.717, 1.165) is 21.8 Å². The third kappa shape index (κ3) is 7.18. The van der Waals surface area contributed by atoms with Crippen molar-refractivity contribution in [2.75, 3.05) is 6.54 Å². The van der Waals surface area contributed by atoms with Gasteiger partial charge in [0.05, 0.1) is 10.7 Å². The minimum Gasteiger partial charge on any atom is -0.487 e. The molecule has 0 atom stereocenters. The Morgan fingerprint density at radius 3 is 2.70 bits per heavy atom. The molecule has 0 radical (unpaired) electrons. The number of aryl methyl sites for hydroxylation is 1. The van der Waals surface area contributed by atoms with Gasteiger partial charge in [0.25, 0.3) is 0 Å². The van der Waals surface area contributed by atoms with Crippen LogP contribution in [0.25, 0.3) is 6.08 Å². The van der Waals surface area contributed by atoms with E-state index in [-0.39, 0.29) is 19.1 Å². The SMILES string of the molecule is Cc1nc(COc2cccc(/C=C/C(=O)NCC(=O)OCc3ccccc3)c2)cs1. The largest absolute Gasteiger partial charge is 0.487 e. The highest BCUT2D eigenvalue weighted by Crippen LogP contribution is 2.17. The second-order valence-electron chi connectivity index (χ2n) is 6.42. The van der Waals surface area contributed by atoms with E-state index in [0.29, 0.717) is 12.4 Å². The molecule has 0 spiro atoms. The van der Waals surface area contributed by atoms with Crippen LogP contribution in [-0.4, -0.2) is 23.4 Å². The summed E-state index contributed by atoms with van der Waals surface area (Å²) in [7, 11) is 0. The summed E-state index contributed by atoms with van der Waals surface area (Å²) in [6.07, 6.45) is 3.03. The number of carbonyl (C=O) groups excluding carboxylic acids is 2. The number of rotatable bonds is 9. The number of benzene rings is 2. The maximum absolute atomic E-state index is 11.9. The number of thiazole rings is 1. The predicted molar refractivity (Wildman–Crippen MR) is 116 cm³/mol. The number of hydrogen-bond donors (Lipinski definition) is 1. The van der Waals surface area contributed by atoms with E-state index >= 15 is 0 Å². The standard InChI is InChI=1S/C23H22N2O4S/c1-17-25-20(16-30-17)15-28-21-9-5-8-18(12-21)10-11-22(26)24-13-23(27)29-14-19-6-3-2-4-7-19/h2-12,16H,13-15H2,1H3,(H,24,26)/b11-10+. The molecule has 6 nitrogen and oxygen atoms in total. The molecule has 0 aliphatic carbocycles. The fourth-order valence-electron chi connectivity index (χ4n) is 2.52. The molecule has 1 aromatic heterocycles. The molecule has 1 amide bonds. The fourth-order valence-corrected chi connectivity index (χ4v) is 3.12. The quantitative estimate of drug-likeness (QED) is 0.418. The highest BCUT2D eigenvalue weighted by molar-refractivity contribution is 7.09. The fraction of sp³-hybridized carbons (Fsp3) is 0.174. The zero-order chi connectivity index (χ0) is 21.2. The third-order valence-electron chi connectivity index (χ3n) is 3.99. The maximum Gasteiger partial charge on any atom is 0.325 e. The van der Waals surface area contributed by atoms with Gasteiger partial charge in [-0.15, -0.1) is 11.3 Å². The first-order valence-electron chi connectivity index (χ1n) is 9.38. The number of nitrogens with zero attached hydrogens (tertiary/aromatic N) is 1. The van der Waals surface area contributed by atoms with Crippen molar-refractivity contribution in [2.45, 2.75) is 20.1 Å². The number of aromatic nitrogens is 1. The molecule has 0 aliphatic heterocycles. The van der Waals surface area contributed by atoms with Crippen molar-refractivity contribution >= 4 is 29.3 Å². The summed E-state index contributed by atoms with van der Waals surface area (Å²) in [4.78, 5) is 28.1. The van der Waals surface area contributed by atoms with Crippen LogP contribution in [-0.2, 0) is 27.5 Å². The van der Waals surface area contributed by atoms with E-state index < -0.39 is 5.97 Å². The van der Waals surface area contributed by atoms with Crippen molar-refractivity contribution in [1.82, 2.24) is 10.3 Å². The number of nitrogens with one attached hydrogen (secondary N) is 1. The average Bonchev–Trinajstić information content (AvgIpc) is 3.19. The van der Waals surface area contributed by atoms with Crippen molar-refractivity contribution in [1.29, 1.82) is 0 Å². The Bertz CT molecular complexity index is 1010. The lowest BCUT2D eigenvalue weighted by atomic mass is 10.2. The van der Waals surface area contributed by atoms with Crippen molar-refractivity contribution in [3.05, 3.63) is 87.9 Å². The molecule has 0 bridgehead atoms. The van der Waals surface area contributed by atoms with Gasteiger partial charge in [-0.2, -0.15) is 0 Å². The lowest BCUT2D eigenvalue weighted by Crippen LogP contribution is -2.29. The molecule has 0 aliphatic rings. The lowest BCUT2D eigenvalue weighted by Gasteiger charge is -2.06. The molecule has 2 aromatic carbocycles. The molecule has 3 aromatic rings. The molecule has 0 fully saturated rings. The molecule has 0 saturated carbocycles. The van der Waals surface area contributed by atoms with Gasteiger partial charge in [-0.3, -0.25) is 9.59 Å². The summed E-state index contributed by atoms with van der Waals surface area (Å²) in [6.45, 7) is 2.33. The number of amides is 1. The Morgan fingerprint density at radius 2 is 1.93 bits per heavy atom. The van der Waals surface area contributed by atoms with E-state index in [9.17, 15) is 9.59 Å². The first kappa shape index (κ1) is 21.3. The van der Waals surface area contributed by atoms with Gasteiger partial charge in [-0.25, -0.2) is 4.98 Å². The van der Waals surface area contributed by atoms with Gasteiger partial charge >= 0.3 is 5.97 Å². The molecular formula is C23H22N2O4S. The van der Waals surface area contributed by atoms with Crippen LogP contribution in [0.3, 0.4) is 0 Å². The number of esters is 1. The summed E-state index contributed by atoms with van der Waals surface area (Å²) in [6, 6.07) is 16.7. The second-order valence-corrected chi connectivity index (χ2v) is 7.48. The Kier molecular flexibility index (Phi) is 7.74. The first-order chi connectivity index (χ1) is 14.6. The van der Waals surface area contributed by atoms with Crippen molar-refractivity contribution in [2.24, 2.45) is 0 Å². The Hall–Kier alpha value is -3.45. The Labute approximate surface area is 179 Å². The van der Waals surface area contributed by atoms with Crippen LogP contribution in [0.2, 0.25) is 0 Å². The highest BCUT2D eigenvalue weighted by atomic mass is 32.1. The van der Waals surface area contributed by atoms with Crippen LogP contribution in [0, 0.1) is 6.92 Å². The van der Waals surface area contributed by atoms with Crippen LogP contribution in [0.4, 0.5) is 0 Å². The van der Waals surface area contributed by atoms with Crippen LogP contribution >= 0.6 is 11.3 Å². The summed E-state index contributed by atoms with van der Waals surface area (Å²) < 4.78 is 10.9. The average molecular weight is 423 g/mol. The lowest BCUT2D eigenvalue weighted by molar-refractivity contribution is -0.144. The third-order valence-corrected chi connectivity index (χ3v) is 4.81. The molecular weight excluding hydrogens is 400 g/mol. The van der Waals surface area contributed by atoms with Gasteiger partial charge < -0.3 is 14.8 Å². The molecule has 0 saturated heterocycles. The first-order valence-corrected chi connectivity index (χ1v) is 10.3. The van der Waals surface area contributed by atoms with Crippen molar-refractivity contribution in [3.8, 4) is 5.75 Å². The van der Waals surface area contributed by atoms with E-state index in [1.54, 1.807) is 17.4 Å². The minimum absolute atomic E-state index is 0.179. The second kappa shape index (κ2) is 10.9. The summed E-state index contributed by atoms with van der Waals surface area (Å²) in [5.74, 6) is -0.183. The van der Waals surface area contributed by atoms with Crippen LogP contribution in [0.15, 0.2) is 66.1 Å². The van der Waals surface area contributed by atoms with Gasteiger partial charge in [0, 0.05) is 11.5 Å². The predicted octanol–water partition coefficient (Wildman–Crippen LogP) is 3.90. The molecule has 30 heavy (non-hydrogen) atoms. The molecule has 1 heterocycles. The van der Waals surface area contributed by atoms with Gasteiger partial charge in [-0.05, 0) is 36.3 Å². The maximum atomic E-state index is 11.9. The minimum atomic E-state index is -0.492. The topological polar surface area (TPSA) is 77.5 Å². The van der Waals surface area contributed by atoms with Gasteiger partial charge in [0.15, 0.2) is 0 Å². The van der Waals surface area contributed by atoms with Gasteiger partial charge in [0.1, 0.15) is 25.5 Å². The normalized spacial score (nSPS) is 10.7. The zero-order valence-corrected chi connectivity index (χ0v) is 17.4. The highest BCUT2D eigenvalue weighted by Gasteiger charge is 2.05. The van der Waals surface area contributed by atoms with Gasteiger partial charge in [0.2, 0.25) is 5.91 Å². The molecule has 1 N–H and O–H groups in total. The van der Waals surface area contributed by atoms with Gasteiger partial charge in [-0.1, -0.05) is 42.5 Å². The summed E-state index contributed by atoms with van der Waals surface area (Å²) in [5, 5.41) is 5.48. The zero-order valence-electron chi connectivity index (χ0n) is 16.5. The molecule has 7 heteroatoms. The van der Waals surface area contributed by atoms with Crippen molar-refractivity contribution in [3.63, 3.8) is 0 Å². The van der Waals surface area contributed by atoms with Crippen molar-refractivity contribution < 1.29 is 19.1 Å².